The highest BCUT2D eigenvalue weighted by molar-refractivity contribution is 8.26. The number of thiocarbonyl (C=S) groups is 1. The van der Waals surface area contributed by atoms with E-state index < -0.39 is 0 Å². The molecule has 0 spiro atoms. The van der Waals surface area contributed by atoms with Gasteiger partial charge in [0.1, 0.15) is 21.8 Å². The predicted octanol–water partition coefficient (Wildman–Crippen LogP) is 4.04. The van der Waals surface area contributed by atoms with Crippen LogP contribution in [-0.4, -0.2) is 38.8 Å². The highest BCUT2D eigenvalue weighted by Gasteiger charge is 2.35. The second-order valence-corrected chi connectivity index (χ2v) is 9.48. The molecule has 8 heteroatoms. The largest absolute Gasteiger partial charge is 0.357 e. The lowest BCUT2D eigenvalue weighted by molar-refractivity contribution is -0.123. The van der Waals surface area contributed by atoms with Gasteiger partial charge in [0.05, 0.1) is 4.91 Å². The van der Waals surface area contributed by atoms with Gasteiger partial charge in [0.25, 0.3) is 11.5 Å². The average molecular weight is 445 g/mol. The summed E-state index contributed by atoms with van der Waals surface area (Å²) in [5.41, 5.74) is 1.31. The first-order chi connectivity index (χ1) is 14.3. The number of carbonyl (C=O) groups is 1. The van der Waals surface area contributed by atoms with Crippen LogP contribution >= 0.6 is 24.0 Å². The molecule has 160 valence electrons. The molecule has 0 aromatic carbocycles. The van der Waals surface area contributed by atoms with Crippen molar-refractivity contribution < 1.29 is 4.79 Å². The van der Waals surface area contributed by atoms with Crippen molar-refractivity contribution in [2.75, 3.05) is 18.0 Å². The highest BCUT2D eigenvalue weighted by atomic mass is 32.2. The maximum atomic E-state index is 13.1. The van der Waals surface area contributed by atoms with Crippen LogP contribution in [0.15, 0.2) is 9.70 Å². The Hall–Kier alpha value is -2.11. The second-order valence-electron chi connectivity index (χ2n) is 7.81. The fourth-order valence-corrected chi connectivity index (χ4v) is 5.46. The third-order valence-electron chi connectivity index (χ3n) is 5.83. The molecule has 2 saturated heterocycles. The first kappa shape index (κ1) is 22.6. The van der Waals surface area contributed by atoms with Gasteiger partial charge >= 0.3 is 0 Å². The Labute approximate surface area is 187 Å². The summed E-state index contributed by atoms with van der Waals surface area (Å²) in [6.45, 7) is 10.1. The number of nitrogens with zero attached hydrogens (tertiary/aromatic N) is 4. The first-order valence-corrected chi connectivity index (χ1v) is 11.8. The summed E-state index contributed by atoms with van der Waals surface area (Å²) in [7, 11) is 0. The summed E-state index contributed by atoms with van der Waals surface area (Å²) in [4.78, 5) is 30.6. The Morgan fingerprint density at radius 2 is 1.93 bits per heavy atom. The third kappa shape index (κ3) is 3.93. The maximum absolute atomic E-state index is 13.1. The monoisotopic (exact) mass is 444 g/mol. The molecule has 3 rings (SSSR count). The zero-order valence-corrected chi connectivity index (χ0v) is 19.7. The van der Waals surface area contributed by atoms with Gasteiger partial charge in [-0.1, -0.05) is 37.8 Å². The van der Waals surface area contributed by atoms with Gasteiger partial charge in [-0.15, -0.1) is 0 Å². The van der Waals surface area contributed by atoms with Crippen molar-refractivity contribution in [3.8, 4) is 6.07 Å². The number of aromatic nitrogens is 1. The van der Waals surface area contributed by atoms with Gasteiger partial charge in [-0.25, -0.2) is 0 Å². The molecule has 30 heavy (non-hydrogen) atoms. The van der Waals surface area contributed by atoms with E-state index in [0.29, 0.717) is 21.3 Å². The van der Waals surface area contributed by atoms with E-state index >= 15 is 0 Å². The lowest BCUT2D eigenvalue weighted by Crippen LogP contribution is -2.36. The quantitative estimate of drug-likeness (QED) is 0.487. The Morgan fingerprint density at radius 3 is 2.50 bits per heavy atom. The minimum absolute atomic E-state index is 0.0336. The molecule has 2 aliphatic heterocycles. The number of hydrogen-bond donors (Lipinski definition) is 0. The number of anilines is 1. The number of hydrogen-bond acceptors (Lipinski definition) is 6. The standard InChI is InChI=1S/C22H28N4O2S2/c1-5-9-25-19(24-10-7-8-11-24)16(15(4)17(13-23)20(25)27)12-18-21(28)26(14(3)6-2)22(29)30-18/h12,14H,5-11H2,1-4H3/b18-12-. The summed E-state index contributed by atoms with van der Waals surface area (Å²) < 4.78 is 2.28. The number of rotatable bonds is 6. The minimum atomic E-state index is -0.247. The van der Waals surface area contributed by atoms with Crippen molar-refractivity contribution >= 4 is 46.1 Å². The minimum Gasteiger partial charge on any atom is -0.357 e. The molecule has 1 aromatic heterocycles. The topological polar surface area (TPSA) is 69.3 Å². The van der Waals surface area contributed by atoms with Crippen LogP contribution in [-0.2, 0) is 11.3 Å². The maximum Gasteiger partial charge on any atom is 0.270 e. The van der Waals surface area contributed by atoms with Crippen molar-refractivity contribution in [2.45, 2.75) is 66.0 Å². The molecule has 2 fully saturated rings. The molecule has 0 bridgehead atoms. The van der Waals surface area contributed by atoms with E-state index in [9.17, 15) is 14.9 Å². The fraction of sp³-hybridized carbons (Fsp3) is 0.545. The molecule has 2 aliphatic rings. The highest BCUT2D eigenvalue weighted by Crippen LogP contribution is 2.37. The van der Waals surface area contributed by atoms with Crippen molar-refractivity contribution in [2.24, 2.45) is 0 Å². The van der Waals surface area contributed by atoms with Crippen LogP contribution < -0.4 is 10.5 Å². The Bertz CT molecular complexity index is 1000. The first-order valence-electron chi connectivity index (χ1n) is 10.5. The van der Waals surface area contributed by atoms with Crippen molar-refractivity contribution in [3.05, 3.63) is 31.9 Å². The van der Waals surface area contributed by atoms with Gasteiger partial charge in [0.2, 0.25) is 0 Å². The molecular weight excluding hydrogens is 416 g/mol. The van der Waals surface area contributed by atoms with Gasteiger partial charge in [0, 0.05) is 31.2 Å². The van der Waals surface area contributed by atoms with Crippen molar-refractivity contribution in [1.82, 2.24) is 9.47 Å². The van der Waals surface area contributed by atoms with E-state index in [1.807, 2.05) is 26.8 Å². The smallest absolute Gasteiger partial charge is 0.270 e. The third-order valence-corrected chi connectivity index (χ3v) is 7.16. The summed E-state index contributed by atoms with van der Waals surface area (Å²) in [5.74, 6) is 0.725. The van der Waals surface area contributed by atoms with Gasteiger partial charge in [-0.05, 0) is 51.2 Å². The molecule has 1 atom stereocenters. The lowest BCUT2D eigenvalue weighted by Gasteiger charge is -2.26. The molecule has 1 amide bonds. The van der Waals surface area contributed by atoms with Crippen LogP contribution in [0.3, 0.4) is 0 Å². The van der Waals surface area contributed by atoms with E-state index in [-0.39, 0.29) is 23.1 Å². The Morgan fingerprint density at radius 1 is 1.27 bits per heavy atom. The predicted molar refractivity (Wildman–Crippen MR) is 127 cm³/mol. The second kappa shape index (κ2) is 9.36. The molecular formula is C22H28N4O2S2. The molecule has 1 unspecified atom stereocenters. The molecule has 1 aromatic rings. The van der Waals surface area contributed by atoms with E-state index in [0.717, 1.165) is 50.2 Å². The summed E-state index contributed by atoms with van der Waals surface area (Å²) in [5, 5.41) is 9.68. The molecule has 0 N–H and O–H groups in total. The van der Waals surface area contributed by atoms with Crippen molar-refractivity contribution in [1.29, 1.82) is 5.26 Å². The molecule has 0 saturated carbocycles. The Balaban J connectivity index is 2.23. The normalized spacial score (nSPS) is 19.1. The van der Waals surface area contributed by atoms with Crippen LogP contribution in [0.1, 0.15) is 63.1 Å². The molecule has 0 aliphatic carbocycles. The van der Waals surface area contributed by atoms with Gasteiger partial charge in [-0.3, -0.25) is 19.1 Å². The fourth-order valence-electron chi connectivity index (χ4n) is 4.02. The number of amides is 1. The van der Waals surface area contributed by atoms with E-state index in [1.165, 1.54) is 11.8 Å². The Kier molecular flexibility index (Phi) is 7.04. The van der Waals surface area contributed by atoms with Crippen molar-refractivity contribution in [3.63, 3.8) is 0 Å². The van der Waals surface area contributed by atoms with Crippen LogP contribution in [0.4, 0.5) is 5.82 Å². The molecule has 0 radical (unpaired) electrons. The SMILES string of the molecule is CCCn1c(N2CCCC2)c(/C=C2\SC(=S)N(C(C)CC)C2=O)c(C)c(C#N)c1=O. The summed E-state index contributed by atoms with van der Waals surface area (Å²) >= 11 is 6.77. The zero-order valence-electron chi connectivity index (χ0n) is 18.0. The van der Waals surface area contributed by atoms with E-state index in [2.05, 4.69) is 11.0 Å². The number of pyridine rings is 1. The van der Waals surface area contributed by atoms with E-state index in [1.54, 1.807) is 16.4 Å². The van der Waals surface area contributed by atoms with Crippen LogP contribution in [0.25, 0.3) is 6.08 Å². The van der Waals surface area contributed by atoms with Crippen LogP contribution in [0.2, 0.25) is 0 Å². The van der Waals surface area contributed by atoms with E-state index in [4.69, 9.17) is 12.2 Å². The zero-order chi connectivity index (χ0) is 22.0. The van der Waals surface area contributed by atoms with Gasteiger partial charge < -0.3 is 4.90 Å². The number of nitriles is 1. The number of thioether (sulfide) groups is 1. The van der Waals surface area contributed by atoms with Gasteiger partial charge in [-0.2, -0.15) is 5.26 Å². The lowest BCUT2D eigenvalue weighted by atomic mass is 10.0. The van der Waals surface area contributed by atoms with Crippen LogP contribution in [0.5, 0.6) is 0 Å². The van der Waals surface area contributed by atoms with Gasteiger partial charge in [0.15, 0.2) is 0 Å². The van der Waals surface area contributed by atoms with Crippen LogP contribution in [0, 0.1) is 18.3 Å². The molecule has 3 heterocycles. The average Bonchev–Trinajstić information content (AvgIpc) is 3.34. The summed E-state index contributed by atoms with van der Waals surface area (Å²) in [6, 6.07) is 2.13. The number of carbonyl (C=O) groups excluding carboxylic acids is 1. The summed E-state index contributed by atoms with van der Waals surface area (Å²) in [6.07, 6.45) is 5.57. The molecule has 6 nitrogen and oxygen atoms in total.